The number of ether oxygens (including phenoxy) is 1. The van der Waals surface area contributed by atoms with E-state index >= 15 is 0 Å². The predicted molar refractivity (Wildman–Crippen MR) is 94.7 cm³/mol. The SMILES string of the molecule is Cc1cc(C)c(NC(=O)CNC(=O)c2ccc(OC(F)F)cc2)c(C)c1. The van der Waals surface area contributed by atoms with Gasteiger partial charge in [0.15, 0.2) is 0 Å². The van der Waals surface area contributed by atoms with Crippen molar-refractivity contribution >= 4 is 17.5 Å². The van der Waals surface area contributed by atoms with Crippen LogP contribution in [0, 0.1) is 20.8 Å². The van der Waals surface area contributed by atoms with Gasteiger partial charge in [0, 0.05) is 11.3 Å². The lowest BCUT2D eigenvalue weighted by atomic mass is 10.1. The van der Waals surface area contributed by atoms with Crippen molar-refractivity contribution in [1.82, 2.24) is 5.32 Å². The number of anilines is 1. The molecule has 0 saturated heterocycles. The summed E-state index contributed by atoms with van der Waals surface area (Å²) in [4.78, 5) is 24.1. The van der Waals surface area contributed by atoms with Crippen LogP contribution in [0.3, 0.4) is 0 Å². The van der Waals surface area contributed by atoms with Gasteiger partial charge in [-0.25, -0.2) is 0 Å². The number of nitrogens with one attached hydrogen (secondary N) is 2. The molecule has 0 atom stereocenters. The van der Waals surface area contributed by atoms with Crippen molar-refractivity contribution in [2.24, 2.45) is 0 Å². The highest BCUT2D eigenvalue weighted by Crippen LogP contribution is 2.21. The lowest BCUT2D eigenvalue weighted by Gasteiger charge is -2.13. The number of amides is 2. The molecular formula is C19H20F2N2O3. The molecule has 2 aromatic rings. The molecule has 0 bridgehead atoms. The summed E-state index contributed by atoms with van der Waals surface area (Å²) in [7, 11) is 0. The zero-order valence-electron chi connectivity index (χ0n) is 14.7. The fraction of sp³-hybridized carbons (Fsp3) is 0.263. The summed E-state index contributed by atoms with van der Waals surface area (Å²) in [5.41, 5.74) is 3.95. The quantitative estimate of drug-likeness (QED) is 0.825. The highest BCUT2D eigenvalue weighted by molar-refractivity contribution is 5.99. The molecule has 0 heterocycles. The van der Waals surface area contributed by atoms with E-state index in [4.69, 9.17) is 0 Å². The van der Waals surface area contributed by atoms with E-state index in [1.54, 1.807) is 0 Å². The van der Waals surface area contributed by atoms with Gasteiger partial charge in [0.1, 0.15) is 5.75 Å². The minimum atomic E-state index is -2.92. The first-order chi connectivity index (χ1) is 12.3. The first kappa shape index (κ1) is 19.4. The Balaban J connectivity index is 1.92. The highest BCUT2D eigenvalue weighted by atomic mass is 19.3. The maximum atomic E-state index is 12.1. The van der Waals surface area contributed by atoms with Crippen LogP contribution in [0.2, 0.25) is 0 Å². The molecule has 5 nitrogen and oxygen atoms in total. The third kappa shape index (κ3) is 5.27. The van der Waals surface area contributed by atoms with Gasteiger partial charge >= 0.3 is 6.61 Å². The zero-order valence-corrected chi connectivity index (χ0v) is 14.7. The summed E-state index contributed by atoms with van der Waals surface area (Å²) in [6, 6.07) is 9.15. The number of hydrogen-bond acceptors (Lipinski definition) is 3. The van der Waals surface area contributed by atoms with E-state index < -0.39 is 12.5 Å². The van der Waals surface area contributed by atoms with Crippen LogP contribution in [-0.4, -0.2) is 25.0 Å². The predicted octanol–water partition coefficient (Wildman–Crippen LogP) is 3.58. The maximum Gasteiger partial charge on any atom is 0.387 e. The second-order valence-electron chi connectivity index (χ2n) is 5.91. The highest BCUT2D eigenvalue weighted by Gasteiger charge is 2.12. The average molecular weight is 362 g/mol. The van der Waals surface area contributed by atoms with E-state index in [2.05, 4.69) is 15.4 Å². The van der Waals surface area contributed by atoms with Crippen molar-refractivity contribution in [3.8, 4) is 5.75 Å². The first-order valence-corrected chi connectivity index (χ1v) is 7.97. The van der Waals surface area contributed by atoms with Crippen molar-refractivity contribution in [2.75, 3.05) is 11.9 Å². The van der Waals surface area contributed by atoms with Gasteiger partial charge in [0.2, 0.25) is 5.91 Å². The van der Waals surface area contributed by atoms with E-state index in [9.17, 15) is 18.4 Å². The van der Waals surface area contributed by atoms with Gasteiger partial charge < -0.3 is 15.4 Å². The first-order valence-electron chi connectivity index (χ1n) is 7.97. The van der Waals surface area contributed by atoms with Gasteiger partial charge in [-0.1, -0.05) is 17.7 Å². The fourth-order valence-electron chi connectivity index (χ4n) is 2.61. The smallest absolute Gasteiger partial charge is 0.387 e. The van der Waals surface area contributed by atoms with E-state index in [0.29, 0.717) is 0 Å². The van der Waals surface area contributed by atoms with Gasteiger partial charge in [-0.2, -0.15) is 8.78 Å². The van der Waals surface area contributed by atoms with Crippen LogP contribution in [0.4, 0.5) is 14.5 Å². The molecule has 2 rings (SSSR count). The monoisotopic (exact) mass is 362 g/mol. The molecule has 0 aliphatic carbocycles. The standard InChI is InChI=1S/C19H20F2N2O3/c1-11-8-12(2)17(13(3)9-11)23-16(24)10-22-18(25)14-4-6-15(7-5-14)26-19(20)21/h4-9,19H,10H2,1-3H3,(H,22,25)(H,23,24). The summed E-state index contributed by atoms with van der Waals surface area (Å²) >= 11 is 0. The summed E-state index contributed by atoms with van der Waals surface area (Å²) in [6.07, 6.45) is 0. The average Bonchev–Trinajstić information content (AvgIpc) is 2.56. The fourth-order valence-corrected chi connectivity index (χ4v) is 2.61. The normalized spacial score (nSPS) is 10.5. The summed E-state index contributed by atoms with van der Waals surface area (Å²) in [5.74, 6) is -0.883. The van der Waals surface area contributed by atoms with Crippen LogP contribution < -0.4 is 15.4 Å². The van der Waals surface area contributed by atoms with Gasteiger partial charge in [-0.05, 0) is 56.2 Å². The molecular weight excluding hydrogens is 342 g/mol. The number of alkyl halides is 2. The van der Waals surface area contributed by atoms with Crippen LogP contribution in [0.1, 0.15) is 27.0 Å². The molecule has 0 aromatic heterocycles. The number of rotatable bonds is 6. The van der Waals surface area contributed by atoms with Crippen LogP contribution >= 0.6 is 0 Å². The molecule has 0 aliphatic rings. The van der Waals surface area contributed by atoms with Crippen molar-refractivity contribution < 1.29 is 23.1 Å². The van der Waals surface area contributed by atoms with Gasteiger partial charge in [0.05, 0.1) is 6.54 Å². The molecule has 0 spiro atoms. The lowest BCUT2D eigenvalue weighted by molar-refractivity contribution is -0.115. The largest absolute Gasteiger partial charge is 0.435 e. The second-order valence-corrected chi connectivity index (χ2v) is 5.91. The zero-order chi connectivity index (χ0) is 19.3. The minimum absolute atomic E-state index is 0.0420. The minimum Gasteiger partial charge on any atom is -0.435 e. The molecule has 7 heteroatoms. The molecule has 0 radical (unpaired) electrons. The third-order valence-electron chi connectivity index (χ3n) is 3.69. The summed E-state index contributed by atoms with van der Waals surface area (Å²) in [5, 5.41) is 5.28. The van der Waals surface area contributed by atoms with Crippen LogP contribution in [-0.2, 0) is 4.79 Å². The molecule has 0 saturated carbocycles. The Hall–Kier alpha value is -2.96. The molecule has 0 unspecified atom stereocenters. The molecule has 138 valence electrons. The maximum absolute atomic E-state index is 12.1. The topological polar surface area (TPSA) is 67.4 Å². The van der Waals surface area contributed by atoms with E-state index in [-0.39, 0.29) is 23.8 Å². The number of aryl methyl sites for hydroxylation is 3. The van der Waals surface area contributed by atoms with Crippen LogP contribution in [0.15, 0.2) is 36.4 Å². The molecule has 0 fully saturated rings. The second kappa shape index (κ2) is 8.42. The van der Waals surface area contributed by atoms with Crippen molar-refractivity contribution in [2.45, 2.75) is 27.4 Å². The Labute approximate surface area is 150 Å². The van der Waals surface area contributed by atoms with Gasteiger partial charge in [0.25, 0.3) is 5.91 Å². The molecule has 0 aliphatic heterocycles. The summed E-state index contributed by atoms with van der Waals surface area (Å²) in [6.45, 7) is 2.64. The Kier molecular flexibility index (Phi) is 6.27. The Morgan fingerprint density at radius 1 is 1.04 bits per heavy atom. The third-order valence-corrected chi connectivity index (χ3v) is 3.69. The van der Waals surface area contributed by atoms with Crippen molar-refractivity contribution in [3.63, 3.8) is 0 Å². The van der Waals surface area contributed by atoms with E-state index in [0.717, 1.165) is 22.4 Å². The van der Waals surface area contributed by atoms with E-state index in [1.807, 2.05) is 32.9 Å². The van der Waals surface area contributed by atoms with Crippen LogP contribution in [0.5, 0.6) is 5.75 Å². The summed E-state index contributed by atoms with van der Waals surface area (Å²) < 4.78 is 28.4. The number of carbonyl (C=O) groups is 2. The van der Waals surface area contributed by atoms with Crippen molar-refractivity contribution in [1.29, 1.82) is 0 Å². The lowest BCUT2D eigenvalue weighted by Crippen LogP contribution is -2.33. The van der Waals surface area contributed by atoms with Gasteiger partial charge in [-0.3, -0.25) is 9.59 Å². The number of hydrogen-bond donors (Lipinski definition) is 2. The number of benzene rings is 2. The molecule has 26 heavy (non-hydrogen) atoms. The van der Waals surface area contributed by atoms with Gasteiger partial charge in [-0.15, -0.1) is 0 Å². The molecule has 2 aromatic carbocycles. The number of halogens is 2. The Bertz CT molecular complexity index is 782. The van der Waals surface area contributed by atoms with Crippen molar-refractivity contribution in [3.05, 3.63) is 58.7 Å². The molecule has 2 amide bonds. The van der Waals surface area contributed by atoms with Crippen LogP contribution in [0.25, 0.3) is 0 Å². The Morgan fingerprint density at radius 3 is 2.15 bits per heavy atom. The van der Waals surface area contributed by atoms with E-state index in [1.165, 1.54) is 24.3 Å². The number of carbonyl (C=O) groups excluding carboxylic acids is 2. The molecule has 2 N–H and O–H groups in total. The Morgan fingerprint density at radius 2 is 1.62 bits per heavy atom.